The molecular formula is C17H16ClN3O3. The Hall–Kier alpha value is -2.60. The second-order valence-electron chi connectivity index (χ2n) is 5.38. The maximum atomic E-state index is 12.3. The third-order valence-electron chi connectivity index (χ3n) is 3.63. The van der Waals surface area contributed by atoms with Gasteiger partial charge in [-0.3, -0.25) is 9.59 Å². The molecule has 1 atom stereocenters. The fraction of sp³-hybridized carbons (Fsp3) is 0.235. The second kappa shape index (κ2) is 6.88. The molecule has 0 spiro atoms. The Morgan fingerprint density at radius 3 is 2.88 bits per heavy atom. The standard InChI is InChI=1S/C17H16ClN3O3/c1-11-17(23)21(13-4-2-3-5-14(13)24-11)9-8-16(22)20-15-7-6-12(18)10-19-15/h2-7,10-11H,8-9H2,1H3,(H,19,20,22)/t11-/m0/s1. The molecule has 0 unspecified atom stereocenters. The van der Waals surface area contributed by atoms with Crippen LogP contribution in [0.25, 0.3) is 0 Å². The van der Waals surface area contributed by atoms with Crippen molar-refractivity contribution in [2.24, 2.45) is 0 Å². The topological polar surface area (TPSA) is 71.5 Å². The second-order valence-corrected chi connectivity index (χ2v) is 5.81. The molecule has 2 amide bonds. The number of fused-ring (bicyclic) bond motifs is 1. The lowest BCUT2D eigenvalue weighted by molar-refractivity contribution is -0.125. The quantitative estimate of drug-likeness (QED) is 0.924. The third kappa shape index (κ3) is 3.49. The molecular weight excluding hydrogens is 330 g/mol. The van der Waals surface area contributed by atoms with Crippen molar-refractivity contribution in [1.82, 2.24) is 4.98 Å². The number of amides is 2. The highest BCUT2D eigenvalue weighted by molar-refractivity contribution is 6.30. The lowest BCUT2D eigenvalue weighted by atomic mass is 10.1. The Bertz CT molecular complexity index is 764. The normalized spacial score (nSPS) is 16.3. The number of halogens is 1. The van der Waals surface area contributed by atoms with Crippen molar-refractivity contribution in [1.29, 1.82) is 0 Å². The Kier molecular flexibility index (Phi) is 4.66. The van der Waals surface area contributed by atoms with Crippen molar-refractivity contribution in [2.45, 2.75) is 19.4 Å². The number of carbonyl (C=O) groups excluding carboxylic acids is 2. The van der Waals surface area contributed by atoms with Crippen molar-refractivity contribution in [3.63, 3.8) is 0 Å². The van der Waals surface area contributed by atoms with E-state index in [1.54, 1.807) is 30.0 Å². The van der Waals surface area contributed by atoms with E-state index >= 15 is 0 Å². The van der Waals surface area contributed by atoms with E-state index in [0.29, 0.717) is 22.3 Å². The molecule has 1 aromatic heterocycles. The van der Waals surface area contributed by atoms with Crippen LogP contribution in [0.2, 0.25) is 5.02 Å². The van der Waals surface area contributed by atoms with E-state index in [1.807, 2.05) is 18.2 Å². The van der Waals surface area contributed by atoms with Gasteiger partial charge in [0, 0.05) is 19.2 Å². The van der Waals surface area contributed by atoms with Crippen LogP contribution in [0.15, 0.2) is 42.6 Å². The summed E-state index contributed by atoms with van der Waals surface area (Å²) in [5, 5.41) is 3.18. The molecule has 0 saturated carbocycles. The largest absolute Gasteiger partial charge is 0.479 e. The number of anilines is 2. The molecule has 0 saturated heterocycles. The first-order chi connectivity index (χ1) is 11.5. The number of pyridine rings is 1. The van der Waals surface area contributed by atoms with Gasteiger partial charge < -0.3 is 15.0 Å². The van der Waals surface area contributed by atoms with Gasteiger partial charge in [-0.2, -0.15) is 0 Å². The first-order valence-electron chi connectivity index (χ1n) is 7.53. The summed E-state index contributed by atoms with van der Waals surface area (Å²) < 4.78 is 5.57. The summed E-state index contributed by atoms with van der Waals surface area (Å²) in [7, 11) is 0. The van der Waals surface area contributed by atoms with Gasteiger partial charge in [-0.1, -0.05) is 23.7 Å². The maximum absolute atomic E-state index is 12.3. The predicted octanol–water partition coefficient (Wildman–Crippen LogP) is 2.88. The van der Waals surface area contributed by atoms with Crippen molar-refractivity contribution in [3.05, 3.63) is 47.6 Å². The molecule has 1 aliphatic rings. The van der Waals surface area contributed by atoms with Crippen LogP contribution in [0.3, 0.4) is 0 Å². The minimum Gasteiger partial charge on any atom is -0.479 e. The summed E-state index contributed by atoms with van der Waals surface area (Å²) in [6, 6.07) is 10.6. The number of benzene rings is 1. The highest BCUT2D eigenvalue weighted by Crippen LogP contribution is 2.33. The summed E-state index contributed by atoms with van der Waals surface area (Å²) in [6.45, 7) is 1.96. The van der Waals surface area contributed by atoms with Crippen molar-refractivity contribution < 1.29 is 14.3 Å². The fourth-order valence-corrected chi connectivity index (χ4v) is 2.57. The summed E-state index contributed by atoms with van der Waals surface area (Å²) in [5.41, 5.74) is 0.679. The number of nitrogens with zero attached hydrogens (tertiary/aromatic N) is 2. The van der Waals surface area contributed by atoms with Crippen molar-refractivity contribution in [2.75, 3.05) is 16.8 Å². The Labute approximate surface area is 144 Å². The summed E-state index contributed by atoms with van der Waals surface area (Å²) in [5.74, 6) is 0.677. The zero-order valence-electron chi connectivity index (χ0n) is 13.0. The Morgan fingerprint density at radius 1 is 1.33 bits per heavy atom. The van der Waals surface area contributed by atoms with Crippen LogP contribution in [-0.4, -0.2) is 29.4 Å². The molecule has 0 bridgehead atoms. The van der Waals surface area contributed by atoms with Gasteiger partial charge in [0.25, 0.3) is 5.91 Å². The smallest absolute Gasteiger partial charge is 0.267 e. The first kappa shape index (κ1) is 16.3. The molecule has 1 aromatic carbocycles. The molecule has 7 heteroatoms. The van der Waals surface area contributed by atoms with E-state index < -0.39 is 6.10 Å². The SMILES string of the molecule is C[C@@H]1Oc2ccccc2N(CCC(=O)Nc2ccc(Cl)cn2)C1=O. The Morgan fingerprint density at radius 2 is 2.12 bits per heavy atom. The summed E-state index contributed by atoms with van der Waals surface area (Å²) in [6.07, 6.45) is 1.04. The average Bonchev–Trinajstić information content (AvgIpc) is 2.57. The summed E-state index contributed by atoms with van der Waals surface area (Å²) in [4.78, 5) is 30.0. The van der Waals surface area contributed by atoms with Crippen molar-refractivity contribution in [3.8, 4) is 5.75 Å². The first-order valence-corrected chi connectivity index (χ1v) is 7.91. The molecule has 2 aromatic rings. The van der Waals surface area contributed by atoms with E-state index in [0.717, 1.165) is 0 Å². The highest BCUT2D eigenvalue weighted by Gasteiger charge is 2.31. The van der Waals surface area contributed by atoms with E-state index in [9.17, 15) is 9.59 Å². The number of nitrogens with one attached hydrogen (secondary N) is 1. The molecule has 3 rings (SSSR count). The number of hydrogen-bond acceptors (Lipinski definition) is 4. The van der Waals surface area contributed by atoms with Crippen molar-refractivity contribution >= 4 is 34.9 Å². The molecule has 124 valence electrons. The van der Waals surface area contributed by atoms with Gasteiger partial charge in [0.1, 0.15) is 11.6 Å². The molecule has 6 nitrogen and oxygen atoms in total. The minimum absolute atomic E-state index is 0.150. The van der Waals surface area contributed by atoms with Crippen LogP contribution in [0.4, 0.5) is 11.5 Å². The number of para-hydroxylation sites is 2. The van der Waals surface area contributed by atoms with Crippen LogP contribution in [0, 0.1) is 0 Å². The molecule has 0 fully saturated rings. The maximum Gasteiger partial charge on any atom is 0.267 e. The van der Waals surface area contributed by atoms with Crippen LogP contribution >= 0.6 is 11.6 Å². The van der Waals surface area contributed by atoms with E-state index in [2.05, 4.69) is 10.3 Å². The van der Waals surface area contributed by atoms with Gasteiger partial charge in [0.15, 0.2) is 6.10 Å². The molecule has 1 N–H and O–H groups in total. The van der Waals surface area contributed by atoms with Gasteiger partial charge >= 0.3 is 0 Å². The summed E-state index contributed by atoms with van der Waals surface area (Å²) >= 11 is 5.76. The lowest BCUT2D eigenvalue weighted by Gasteiger charge is -2.32. The van der Waals surface area contributed by atoms with Crippen LogP contribution < -0.4 is 15.0 Å². The van der Waals surface area contributed by atoms with E-state index in [-0.39, 0.29) is 24.8 Å². The predicted molar refractivity (Wildman–Crippen MR) is 91.4 cm³/mol. The van der Waals surface area contributed by atoms with Crippen LogP contribution in [0.5, 0.6) is 5.75 Å². The van der Waals surface area contributed by atoms with E-state index in [4.69, 9.17) is 16.3 Å². The van der Waals surface area contributed by atoms with E-state index in [1.165, 1.54) is 6.20 Å². The van der Waals surface area contributed by atoms with Crippen LogP contribution in [0.1, 0.15) is 13.3 Å². The monoisotopic (exact) mass is 345 g/mol. The van der Waals surface area contributed by atoms with Gasteiger partial charge in [-0.05, 0) is 31.2 Å². The molecule has 2 heterocycles. The molecule has 24 heavy (non-hydrogen) atoms. The van der Waals surface area contributed by atoms with Gasteiger partial charge in [0.2, 0.25) is 5.91 Å². The fourth-order valence-electron chi connectivity index (χ4n) is 2.46. The number of hydrogen-bond donors (Lipinski definition) is 1. The zero-order chi connectivity index (χ0) is 17.1. The number of ether oxygens (including phenoxy) is 1. The number of rotatable bonds is 4. The molecule has 0 radical (unpaired) electrons. The lowest BCUT2D eigenvalue weighted by Crippen LogP contribution is -2.45. The average molecular weight is 346 g/mol. The minimum atomic E-state index is -0.569. The van der Waals surface area contributed by atoms with Gasteiger partial charge in [0.05, 0.1) is 10.7 Å². The molecule has 1 aliphatic heterocycles. The van der Waals surface area contributed by atoms with Gasteiger partial charge in [-0.25, -0.2) is 4.98 Å². The molecule has 0 aliphatic carbocycles. The Balaban J connectivity index is 1.66. The number of carbonyl (C=O) groups is 2. The highest BCUT2D eigenvalue weighted by atomic mass is 35.5. The number of aromatic nitrogens is 1. The zero-order valence-corrected chi connectivity index (χ0v) is 13.8. The van der Waals surface area contributed by atoms with Crippen LogP contribution in [-0.2, 0) is 9.59 Å². The van der Waals surface area contributed by atoms with Gasteiger partial charge in [-0.15, -0.1) is 0 Å². The third-order valence-corrected chi connectivity index (χ3v) is 3.85.